The van der Waals surface area contributed by atoms with Crippen LogP contribution < -0.4 is 7.16 Å². The predicted octanol–water partition coefficient (Wildman–Crippen LogP) is 2.27. The maximum atomic E-state index is 5.95. The molecule has 0 aromatic heterocycles. The first-order valence-corrected chi connectivity index (χ1v) is 11.7. The van der Waals surface area contributed by atoms with Gasteiger partial charge in [-0.25, -0.2) is 0 Å². The van der Waals surface area contributed by atoms with E-state index in [4.69, 9.17) is 11.6 Å². The van der Waals surface area contributed by atoms with Crippen LogP contribution in [-0.4, -0.2) is 25.6 Å². The molecular weight excluding hydrogens is 322 g/mol. The van der Waals surface area contributed by atoms with Crippen LogP contribution in [-0.2, 0) is 0 Å². The minimum absolute atomic E-state index is 0.782. The van der Waals surface area contributed by atoms with Crippen molar-refractivity contribution in [3.8, 4) is 0 Å². The molecular formula is C14H15ClSn. The van der Waals surface area contributed by atoms with Gasteiger partial charge in [0.2, 0.25) is 0 Å². The normalized spacial score (nSPS) is 10.6. The molecule has 0 heterocycles. The predicted molar refractivity (Wildman–Crippen MR) is 74.8 cm³/mol. The first-order chi connectivity index (χ1) is 7.92. The van der Waals surface area contributed by atoms with E-state index in [2.05, 4.69) is 60.7 Å². The SMILES string of the molecule is ClC[CH2][SnH]([c]1ccccc1)[c]1ccccc1. The molecule has 0 aliphatic heterocycles. The van der Waals surface area contributed by atoms with Crippen LogP contribution in [0.5, 0.6) is 0 Å². The summed E-state index contributed by atoms with van der Waals surface area (Å²) in [5.41, 5.74) is 0. The van der Waals surface area contributed by atoms with Gasteiger partial charge >= 0.3 is 109 Å². The van der Waals surface area contributed by atoms with Gasteiger partial charge in [-0.15, -0.1) is 0 Å². The summed E-state index contributed by atoms with van der Waals surface area (Å²) in [6.07, 6.45) is 0. The molecule has 0 aliphatic carbocycles. The van der Waals surface area contributed by atoms with Crippen LogP contribution >= 0.6 is 11.6 Å². The molecule has 16 heavy (non-hydrogen) atoms. The summed E-state index contributed by atoms with van der Waals surface area (Å²) < 4.78 is 4.30. The molecule has 0 nitrogen and oxygen atoms in total. The maximum absolute atomic E-state index is 5.95. The molecule has 0 spiro atoms. The Morgan fingerprint density at radius 2 is 1.19 bits per heavy atom. The first-order valence-electron chi connectivity index (χ1n) is 5.57. The Kier molecular flexibility index (Phi) is 4.73. The third-order valence-corrected chi connectivity index (χ3v) is 13.3. The summed E-state index contributed by atoms with van der Waals surface area (Å²) in [4.78, 5) is 0. The molecule has 0 atom stereocenters. The molecule has 2 rings (SSSR count). The van der Waals surface area contributed by atoms with Gasteiger partial charge in [0, 0.05) is 0 Å². The van der Waals surface area contributed by atoms with Crippen molar-refractivity contribution in [1.82, 2.24) is 0 Å². The van der Waals surface area contributed by atoms with E-state index in [-0.39, 0.29) is 0 Å². The van der Waals surface area contributed by atoms with E-state index in [1.54, 1.807) is 7.16 Å². The summed E-state index contributed by atoms with van der Waals surface area (Å²) in [6, 6.07) is 21.8. The second kappa shape index (κ2) is 6.31. The summed E-state index contributed by atoms with van der Waals surface area (Å²) >= 11 is 4.10. The molecule has 0 bridgehead atoms. The van der Waals surface area contributed by atoms with Gasteiger partial charge in [-0.05, 0) is 0 Å². The van der Waals surface area contributed by atoms with E-state index in [9.17, 15) is 0 Å². The van der Waals surface area contributed by atoms with Crippen molar-refractivity contribution >= 4 is 38.5 Å². The van der Waals surface area contributed by atoms with Crippen molar-refractivity contribution < 1.29 is 0 Å². The third kappa shape index (κ3) is 3.02. The number of hydrogen-bond donors (Lipinski definition) is 0. The topological polar surface area (TPSA) is 0 Å². The van der Waals surface area contributed by atoms with Gasteiger partial charge in [-0.3, -0.25) is 0 Å². The average molecular weight is 337 g/mol. The number of alkyl halides is 1. The fourth-order valence-electron chi connectivity index (χ4n) is 2.01. The Hall–Kier alpha value is -0.471. The fraction of sp³-hybridized carbons (Fsp3) is 0.143. The number of hydrogen-bond acceptors (Lipinski definition) is 0. The molecule has 82 valence electrons. The van der Waals surface area contributed by atoms with Crippen LogP contribution in [0.2, 0.25) is 4.44 Å². The molecule has 0 radical (unpaired) electrons. The van der Waals surface area contributed by atoms with Crippen molar-refractivity contribution in [3.05, 3.63) is 60.7 Å². The molecule has 0 saturated heterocycles. The van der Waals surface area contributed by atoms with Crippen LogP contribution in [0.4, 0.5) is 0 Å². The summed E-state index contributed by atoms with van der Waals surface area (Å²) in [6.45, 7) is 0. The molecule has 0 fully saturated rings. The molecule has 0 unspecified atom stereocenters. The van der Waals surface area contributed by atoms with Gasteiger partial charge in [0.1, 0.15) is 0 Å². The minimum atomic E-state index is -1.85. The summed E-state index contributed by atoms with van der Waals surface area (Å²) in [5.74, 6) is 0.782. The second-order valence-electron chi connectivity index (χ2n) is 3.85. The van der Waals surface area contributed by atoms with Crippen molar-refractivity contribution in [2.24, 2.45) is 0 Å². The number of rotatable bonds is 4. The monoisotopic (exact) mass is 338 g/mol. The van der Waals surface area contributed by atoms with Crippen molar-refractivity contribution in [1.29, 1.82) is 0 Å². The third-order valence-electron chi connectivity index (χ3n) is 2.80. The van der Waals surface area contributed by atoms with E-state index >= 15 is 0 Å². The Bertz CT molecular complexity index is 374. The zero-order valence-electron chi connectivity index (χ0n) is 9.14. The number of halogens is 1. The van der Waals surface area contributed by atoms with Gasteiger partial charge in [0.15, 0.2) is 0 Å². The quantitative estimate of drug-likeness (QED) is 0.593. The molecule has 2 aromatic rings. The molecule has 0 amide bonds. The van der Waals surface area contributed by atoms with Gasteiger partial charge in [-0.1, -0.05) is 0 Å². The van der Waals surface area contributed by atoms with Gasteiger partial charge in [-0.2, -0.15) is 0 Å². The summed E-state index contributed by atoms with van der Waals surface area (Å²) in [7, 11) is 0. The van der Waals surface area contributed by atoms with Gasteiger partial charge in [0.25, 0.3) is 0 Å². The van der Waals surface area contributed by atoms with E-state index < -0.39 is 19.8 Å². The van der Waals surface area contributed by atoms with Gasteiger partial charge < -0.3 is 0 Å². The second-order valence-corrected chi connectivity index (χ2v) is 12.8. The zero-order chi connectivity index (χ0) is 11.2. The molecule has 0 N–H and O–H groups in total. The Labute approximate surface area is 109 Å². The van der Waals surface area contributed by atoms with E-state index in [1.165, 1.54) is 4.44 Å². The standard InChI is InChI=1S/2C6H5.C2H4Cl.Sn.H/c2*1-2-4-6-5-3-1;1-2-3;;/h2*1-5H;1-2H2;;. The van der Waals surface area contributed by atoms with Crippen LogP contribution in [0.25, 0.3) is 0 Å². The van der Waals surface area contributed by atoms with E-state index in [1.807, 2.05) is 0 Å². The van der Waals surface area contributed by atoms with Crippen molar-refractivity contribution in [2.45, 2.75) is 4.44 Å². The first kappa shape index (κ1) is 12.0. The molecule has 0 aliphatic rings. The van der Waals surface area contributed by atoms with E-state index in [0.717, 1.165) is 5.88 Å². The zero-order valence-corrected chi connectivity index (χ0v) is 13.2. The number of benzene rings is 2. The Morgan fingerprint density at radius 3 is 1.56 bits per heavy atom. The Balaban J connectivity index is 2.31. The average Bonchev–Trinajstić information content (AvgIpc) is 2.38. The van der Waals surface area contributed by atoms with Crippen LogP contribution in [0.15, 0.2) is 60.7 Å². The molecule has 2 heteroatoms. The van der Waals surface area contributed by atoms with Crippen LogP contribution in [0.3, 0.4) is 0 Å². The Morgan fingerprint density at radius 1 is 0.750 bits per heavy atom. The van der Waals surface area contributed by atoms with Crippen molar-refractivity contribution in [2.75, 3.05) is 5.88 Å². The van der Waals surface area contributed by atoms with Crippen LogP contribution in [0.1, 0.15) is 0 Å². The molecule has 2 aromatic carbocycles. The molecule has 0 saturated carbocycles. The fourth-order valence-corrected chi connectivity index (χ4v) is 11.0. The summed E-state index contributed by atoms with van der Waals surface area (Å²) in [5, 5.41) is 0. The van der Waals surface area contributed by atoms with Crippen LogP contribution in [0, 0.1) is 0 Å². The van der Waals surface area contributed by atoms with E-state index in [0.29, 0.717) is 0 Å². The van der Waals surface area contributed by atoms with Crippen molar-refractivity contribution in [3.63, 3.8) is 0 Å². The van der Waals surface area contributed by atoms with Gasteiger partial charge in [0.05, 0.1) is 0 Å².